The van der Waals surface area contributed by atoms with Gasteiger partial charge in [0, 0.05) is 50.9 Å². The first-order valence-electron chi connectivity index (χ1n) is 25.3. The third-order valence-electron chi connectivity index (χ3n) is 13.6. The number of aliphatic hydroxyl groups excluding tert-OH is 2. The molecule has 4 aliphatic rings. The van der Waals surface area contributed by atoms with Gasteiger partial charge in [-0.15, -0.1) is 0 Å². The van der Waals surface area contributed by atoms with Crippen LogP contribution in [0.2, 0.25) is 0 Å². The summed E-state index contributed by atoms with van der Waals surface area (Å²) in [6.45, 7) is 13.8. The summed E-state index contributed by atoms with van der Waals surface area (Å²) in [5.74, 6) is -2.25. The fraction of sp³-hybridized carbons (Fsp3) is 0.463. The van der Waals surface area contributed by atoms with E-state index in [9.17, 15) is 48.9 Å². The molecule has 7 rings (SSSR count). The number of hydrogen-bond donors (Lipinski definition) is 6. The Morgan fingerprint density at radius 3 is 1.74 bits per heavy atom. The summed E-state index contributed by atoms with van der Waals surface area (Å²) in [7, 11) is 4.28. The van der Waals surface area contributed by atoms with E-state index in [2.05, 4.69) is 29.1 Å². The van der Waals surface area contributed by atoms with Crippen LogP contribution >= 0.6 is 0 Å². The van der Waals surface area contributed by atoms with Crippen LogP contribution < -0.4 is 44.7 Å². The first-order chi connectivity index (χ1) is 37.3. The lowest BCUT2D eigenvalue weighted by Gasteiger charge is -2.31. The summed E-state index contributed by atoms with van der Waals surface area (Å²) in [5.41, 5.74) is 2.13. The van der Waals surface area contributed by atoms with E-state index in [0.717, 1.165) is 9.80 Å². The van der Waals surface area contributed by atoms with Gasteiger partial charge in [0.05, 0.1) is 81.8 Å². The van der Waals surface area contributed by atoms with Crippen LogP contribution in [-0.4, -0.2) is 171 Å². The molecule has 0 bridgehead atoms. The van der Waals surface area contributed by atoms with Gasteiger partial charge in [-0.3, -0.25) is 24.0 Å². The fourth-order valence-electron chi connectivity index (χ4n) is 9.51. The zero-order chi connectivity index (χ0) is 56.5. The molecule has 4 aliphatic heterocycles. The molecule has 0 aromatic heterocycles. The second kappa shape index (κ2) is 25.5. The maximum atomic E-state index is 14.2. The van der Waals surface area contributed by atoms with Crippen LogP contribution in [-0.2, 0) is 35.2 Å². The van der Waals surface area contributed by atoms with Crippen LogP contribution in [0.5, 0.6) is 23.0 Å². The van der Waals surface area contributed by atoms with Crippen LogP contribution in [0.25, 0.3) is 0 Å². The molecule has 24 nitrogen and oxygen atoms in total. The number of rotatable bonds is 22. The number of carboxylic acid groups (broad SMARTS) is 1. The van der Waals surface area contributed by atoms with Crippen molar-refractivity contribution in [2.75, 3.05) is 82.6 Å². The first kappa shape index (κ1) is 57.8. The number of carbonyl (C=O) groups is 7. The van der Waals surface area contributed by atoms with E-state index in [1.54, 1.807) is 38.1 Å². The quantitative estimate of drug-likeness (QED) is 0.0612. The topological polar surface area (TPSA) is 294 Å². The molecule has 0 radical (unpaired) electrons. The number of aliphatic hydroxyl groups is 2. The van der Waals surface area contributed by atoms with Gasteiger partial charge >= 0.3 is 12.2 Å². The third-order valence-corrected chi connectivity index (χ3v) is 13.6. The second-order valence-electron chi connectivity index (χ2n) is 19.5. The van der Waals surface area contributed by atoms with Crippen molar-refractivity contribution in [3.05, 3.63) is 89.5 Å². The number of hydrogen-bond acceptors (Lipinski definition) is 16. The van der Waals surface area contributed by atoms with Crippen molar-refractivity contribution in [2.24, 2.45) is 5.92 Å². The molecule has 6 atom stereocenters. The molecular weight excluding hydrogens is 1020 g/mol. The second-order valence-corrected chi connectivity index (χ2v) is 19.5. The summed E-state index contributed by atoms with van der Waals surface area (Å²) >= 11 is 0. The number of benzene rings is 3. The molecule has 3 aromatic carbocycles. The summed E-state index contributed by atoms with van der Waals surface area (Å²) in [6, 6.07) is 8.27. The molecule has 0 aliphatic carbocycles. The summed E-state index contributed by atoms with van der Waals surface area (Å²) < 4.78 is 39.4. The van der Waals surface area contributed by atoms with Gasteiger partial charge in [-0.25, -0.2) is 19.4 Å². The van der Waals surface area contributed by atoms with Crippen molar-refractivity contribution in [3.63, 3.8) is 0 Å². The van der Waals surface area contributed by atoms with E-state index in [1.807, 2.05) is 0 Å². The van der Waals surface area contributed by atoms with Crippen LogP contribution in [0.4, 0.5) is 26.7 Å². The average molecular weight is 1090 g/mol. The number of carbonyl (C=O) groups excluding carboxylic acids is 6. The van der Waals surface area contributed by atoms with Crippen LogP contribution in [0.15, 0.2) is 72.8 Å². The molecule has 78 heavy (non-hydrogen) atoms. The molecule has 3 aromatic rings. The summed E-state index contributed by atoms with van der Waals surface area (Å²) in [6.07, 6.45) is -4.97. The molecule has 420 valence electrons. The predicted molar refractivity (Wildman–Crippen MR) is 281 cm³/mol. The van der Waals surface area contributed by atoms with Crippen molar-refractivity contribution in [1.82, 2.24) is 20.4 Å². The van der Waals surface area contributed by atoms with Crippen molar-refractivity contribution in [3.8, 4) is 23.0 Å². The number of nitrogens with one attached hydrogen (secondary N) is 3. The molecule has 2 saturated heterocycles. The Morgan fingerprint density at radius 1 is 0.692 bits per heavy atom. The van der Waals surface area contributed by atoms with E-state index < -0.39 is 72.4 Å². The largest absolute Gasteiger partial charge is 0.493 e. The number of ether oxygens (including phenoxy) is 7. The average Bonchev–Trinajstić information content (AvgIpc) is 4.19. The molecule has 6 N–H and O–H groups in total. The standard InChI is InChI=1S/C54H67N7O17/c1-29(2)46(57-45(62)14-17-75-19-18-72-6)48(64)55-32(5)47(63)56-34-12-10-33(11-13-34)28-78-54(71)61-38-25-44(42(74-8)23-36(38)50(66)59-27-31(4)21-40(59)52(61)68)77-16-9-15-76-43-24-37-35(22-41(43)73-7)49(65)58-26-30(3)20-39(58)51(67)60(37)53(69)70/h10-13,22-25,29,32,39-40,46,51-52,67-68H,3-4,9,14-21,26-28H2,1-2,5-8H3,(H,55,64)(H,56,63)(H,57,62)(H,69,70)/t32?,39-,40-,46?,51-,52-/m0/s1. The monoisotopic (exact) mass is 1090 g/mol. The number of amides is 7. The van der Waals surface area contributed by atoms with Gasteiger partial charge in [-0.05, 0) is 55.5 Å². The van der Waals surface area contributed by atoms with Crippen molar-refractivity contribution in [1.29, 1.82) is 0 Å². The summed E-state index contributed by atoms with van der Waals surface area (Å²) in [4.78, 5) is 98.0. The Labute approximate surface area is 450 Å². The number of anilines is 3. The van der Waals surface area contributed by atoms with Gasteiger partial charge in [0.25, 0.3) is 11.8 Å². The Morgan fingerprint density at radius 2 is 1.23 bits per heavy atom. The maximum Gasteiger partial charge on any atom is 0.416 e. The Balaban J connectivity index is 0.994. The maximum absolute atomic E-state index is 14.2. The third kappa shape index (κ3) is 12.9. The van der Waals surface area contributed by atoms with Crippen LogP contribution in [0, 0.1) is 5.92 Å². The van der Waals surface area contributed by atoms with Crippen molar-refractivity contribution >= 4 is 58.8 Å². The van der Waals surface area contributed by atoms with Crippen molar-refractivity contribution in [2.45, 2.75) is 89.7 Å². The van der Waals surface area contributed by atoms with Gasteiger partial charge in [0.1, 0.15) is 18.7 Å². The highest BCUT2D eigenvalue weighted by molar-refractivity contribution is 6.07. The highest BCUT2D eigenvalue weighted by Crippen LogP contribution is 2.44. The first-order valence-corrected chi connectivity index (χ1v) is 25.3. The molecule has 0 spiro atoms. The lowest BCUT2D eigenvalue weighted by atomic mass is 10.0. The van der Waals surface area contributed by atoms with Crippen LogP contribution in [0.1, 0.15) is 72.7 Å². The van der Waals surface area contributed by atoms with E-state index in [4.69, 9.17) is 33.2 Å². The minimum atomic E-state index is -1.59. The van der Waals surface area contributed by atoms with Gasteiger partial charge in [0.15, 0.2) is 35.5 Å². The predicted octanol–water partition coefficient (Wildman–Crippen LogP) is 4.02. The van der Waals surface area contributed by atoms with Gasteiger partial charge in [0.2, 0.25) is 17.7 Å². The molecule has 4 heterocycles. The highest BCUT2D eigenvalue weighted by atomic mass is 16.6. The lowest BCUT2D eigenvalue weighted by Crippen LogP contribution is -2.53. The number of methoxy groups -OCH3 is 3. The van der Waals surface area contributed by atoms with Crippen molar-refractivity contribution < 1.29 is 82.0 Å². The molecule has 0 saturated carbocycles. The summed E-state index contributed by atoms with van der Waals surface area (Å²) in [5, 5.41) is 41.4. The fourth-order valence-corrected chi connectivity index (χ4v) is 9.51. The highest BCUT2D eigenvalue weighted by Gasteiger charge is 2.48. The molecule has 7 amide bonds. The Bertz CT molecular complexity index is 2790. The lowest BCUT2D eigenvalue weighted by molar-refractivity contribution is -0.132. The zero-order valence-corrected chi connectivity index (χ0v) is 44.4. The number of fused-ring (bicyclic) bond motifs is 4. The molecule has 2 fully saturated rings. The van der Waals surface area contributed by atoms with Gasteiger partial charge in [-0.1, -0.05) is 50.3 Å². The van der Waals surface area contributed by atoms with E-state index >= 15 is 0 Å². The smallest absolute Gasteiger partial charge is 0.416 e. The minimum Gasteiger partial charge on any atom is -0.493 e. The molecule has 24 heteroatoms. The van der Waals surface area contributed by atoms with E-state index in [0.29, 0.717) is 35.6 Å². The zero-order valence-electron chi connectivity index (χ0n) is 44.4. The van der Waals surface area contributed by atoms with E-state index in [-0.39, 0.29) is 123 Å². The minimum absolute atomic E-state index is 0.00454. The van der Waals surface area contributed by atoms with Crippen LogP contribution in [0.3, 0.4) is 0 Å². The normalized spacial score (nSPS) is 19.4. The van der Waals surface area contributed by atoms with Gasteiger partial charge < -0.3 is 74.2 Å². The Hall–Kier alpha value is -7.93. The Kier molecular flexibility index (Phi) is 18.9. The molecule has 2 unspecified atom stereocenters. The van der Waals surface area contributed by atoms with E-state index in [1.165, 1.54) is 62.3 Å². The number of nitrogens with zero attached hydrogens (tertiary/aromatic N) is 4. The van der Waals surface area contributed by atoms with Gasteiger partial charge in [-0.2, -0.15) is 0 Å². The molecular formula is C54H67N7O17. The SMILES string of the molecule is C=C1C[C@H]2[C@H](O)N(C(=O)O)c3cc(OCCCOc4cc5c(cc4OC)C(=O)N4CC(=C)C[C@H]4[C@H](O)N5C(=O)OCc4ccc(NC(=O)C(C)NC(=O)C(NC(=O)CCOCCOC)C(C)C)cc4)c(OC)cc3C(=O)N2C1.